The standard InChI is InChI=1S/C24H30N2O5/c1-23(2)10-12-24(13-11-23,22(28)29)26-20(27)18-15-19(21(30-3)25-16-18)31-14-9-17-7-5-4-6-8-17/h4-8,15-16H,9-14H2,1-3H3,(H,26,27)(H,28,29). The molecule has 0 atom stereocenters. The molecule has 1 aromatic heterocycles. The zero-order valence-electron chi connectivity index (χ0n) is 18.3. The predicted molar refractivity (Wildman–Crippen MR) is 117 cm³/mol. The molecular formula is C24H30N2O5. The van der Waals surface area contributed by atoms with Crippen molar-refractivity contribution in [2.75, 3.05) is 13.7 Å². The molecule has 3 rings (SSSR count). The Labute approximate surface area is 182 Å². The topological polar surface area (TPSA) is 97.8 Å². The number of rotatable bonds is 8. The smallest absolute Gasteiger partial charge is 0.329 e. The zero-order valence-corrected chi connectivity index (χ0v) is 18.3. The summed E-state index contributed by atoms with van der Waals surface area (Å²) in [5.41, 5.74) is 0.180. The number of benzene rings is 1. The number of pyridine rings is 1. The molecule has 31 heavy (non-hydrogen) atoms. The lowest BCUT2D eigenvalue weighted by Crippen LogP contribution is -2.57. The number of aliphatic carboxylic acids is 1. The van der Waals surface area contributed by atoms with Crippen molar-refractivity contribution < 1.29 is 24.2 Å². The lowest BCUT2D eigenvalue weighted by molar-refractivity contribution is -0.146. The molecule has 1 aliphatic carbocycles. The lowest BCUT2D eigenvalue weighted by atomic mass is 9.69. The van der Waals surface area contributed by atoms with E-state index in [-0.39, 0.29) is 16.9 Å². The van der Waals surface area contributed by atoms with Crippen LogP contribution in [0.25, 0.3) is 0 Å². The van der Waals surface area contributed by atoms with Crippen LogP contribution in [0.3, 0.4) is 0 Å². The van der Waals surface area contributed by atoms with Crippen LogP contribution in [0.2, 0.25) is 0 Å². The first-order valence-corrected chi connectivity index (χ1v) is 10.5. The highest BCUT2D eigenvalue weighted by atomic mass is 16.5. The second-order valence-electron chi connectivity index (χ2n) is 8.82. The Morgan fingerprint density at radius 2 is 1.81 bits per heavy atom. The second-order valence-corrected chi connectivity index (χ2v) is 8.82. The van der Waals surface area contributed by atoms with Crippen LogP contribution in [0.4, 0.5) is 0 Å². The summed E-state index contributed by atoms with van der Waals surface area (Å²) in [6, 6.07) is 11.5. The molecule has 0 bridgehead atoms. The van der Waals surface area contributed by atoms with E-state index in [1.165, 1.54) is 13.3 Å². The van der Waals surface area contributed by atoms with Gasteiger partial charge in [-0.15, -0.1) is 0 Å². The normalized spacial score (nSPS) is 16.9. The molecule has 7 nitrogen and oxygen atoms in total. The molecule has 0 aliphatic heterocycles. The number of ether oxygens (including phenoxy) is 2. The lowest BCUT2D eigenvalue weighted by Gasteiger charge is -2.41. The maximum absolute atomic E-state index is 12.9. The molecule has 0 unspecified atom stereocenters. The third-order valence-electron chi connectivity index (χ3n) is 5.98. The highest BCUT2D eigenvalue weighted by molar-refractivity contribution is 5.98. The van der Waals surface area contributed by atoms with E-state index in [1.807, 2.05) is 30.3 Å². The fourth-order valence-corrected chi connectivity index (χ4v) is 3.77. The molecule has 2 N–H and O–H groups in total. The minimum Gasteiger partial charge on any atom is -0.488 e. The zero-order chi connectivity index (χ0) is 22.5. The molecule has 1 aliphatic rings. The number of carboxylic acids is 1. The van der Waals surface area contributed by atoms with Gasteiger partial charge in [0.05, 0.1) is 19.3 Å². The number of carbonyl (C=O) groups excluding carboxylic acids is 1. The van der Waals surface area contributed by atoms with Gasteiger partial charge in [0, 0.05) is 18.7 Å². The maximum atomic E-state index is 12.9. The van der Waals surface area contributed by atoms with E-state index in [1.54, 1.807) is 6.07 Å². The summed E-state index contributed by atoms with van der Waals surface area (Å²) in [6.45, 7) is 4.63. The molecule has 0 saturated heterocycles. The van der Waals surface area contributed by atoms with Crippen molar-refractivity contribution in [3.05, 3.63) is 53.7 Å². The van der Waals surface area contributed by atoms with Gasteiger partial charge in [-0.05, 0) is 36.7 Å². The second kappa shape index (κ2) is 9.37. The molecule has 1 heterocycles. The van der Waals surface area contributed by atoms with Crippen molar-refractivity contribution in [2.24, 2.45) is 5.41 Å². The average molecular weight is 427 g/mol. The van der Waals surface area contributed by atoms with Crippen LogP contribution in [0.15, 0.2) is 42.6 Å². The number of carboxylic acid groups (broad SMARTS) is 1. The van der Waals surface area contributed by atoms with Crippen LogP contribution < -0.4 is 14.8 Å². The molecule has 0 spiro atoms. The number of hydrogen-bond donors (Lipinski definition) is 2. The van der Waals surface area contributed by atoms with E-state index in [9.17, 15) is 14.7 Å². The van der Waals surface area contributed by atoms with Crippen LogP contribution >= 0.6 is 0 Å². The van der Waals surface area contributed by atoms with Gasteiger partial charge < -0.3 is 19.9 Å². The van der Waals surface area contributed by atoms with Crippen molar-refractivity contribution in [2.45, 2.75) is 51.5 Å². The van der Waals surface area contributed by atoms with Gasteiger partial charge in [-0.1, -0.05) is 44.2 Å². The molecular weight excluding hydrogens is 396 g/mol. The Hall–Kier alpha value is -3.09. The first kappa shape index (κ1) is 22.6. The van der Waals surface area contributed by atoms with Crippen LogP contribution in [-0.2, 0) is 11.2 Å². The molecule has 1 aromatic carbocycles. The molecule has 1 saturated carbocycles. The fourth-order valence-electron chi connectivity index (χ4n) is 3.77. The molecule has 166 valence electrons. The van der Waals surface area contributed by atoms with Crippen molar-refractivity contribution in [3.63, 3.8) is 0 Å². The van der Waals surface area contributed by atoms with Gasteiger partial charge in [-0.2, -0.15) is 0 Å². The number of carbonyl (C=O) groups is 2. The van der Waals surface area contributed by atoms with E-state index >= 15 is 0 Å². The summed E-state index contributed by atoms with van der Waals surface area (Å²) in [4.78, 5) is 29.1. The van der Waals surface area contributed by atoms with Crippen molar-refractivity contribution >= 4 is 11.9 Å². The number of hydrogen-bond acceptors (Lipinski definition) is 5. The van der Waals surface area contributed by atoms with Gasteiger partial charge in [0.2, 0.25) is 0 Å². The SMILES string of the molecule is COc1ncc(C(=O)NC2(C(=O)O)CCC(C)(C)CC2)cc1OCCc1ccccc1. The van der Waals surface area contributed by atoms with Crippen LogP contribution in [0.1, 0.15) is 55.5 Å². The summed E-state index contributed by atoms with van der Waals surface area (Å²) in [5.74, 6) is -0.862. The highest BCUT2D eigenvalue weighted by Crippen LogP contribution is 2.40. The fraction of sp³-hybridized carbons (Fsp3) is 0.458. The van der Waals surface area contributed by atoms with Gasteiger partial charge >= 0.3 is 5.97 Å². The summed E-state index contributed by atoms with van der Waals surface area (Å²) < 4.78 is 11.1. The van der Waals surface area contributed by atoms with Crippen LogP contribution in [0, 0.1) is 5.41 Å². The number of nitrogens with one attached hydrogen (secondary N) is 1. The van der Waals surface area contributed by atoms with E-state index in [0.717, 1.165) is 18.4 Å². The summed E-state index contributed by atoms with van der Waals surface area (Å²) >= 11 is 0. The van der Waals surface area contributed by atoms with Crippen LogP contribution in [0.5, 0.6) is 11.6 Å². The minimum atomic E-state index is -1.26. The van der Waals surface area contributed by atoms with Crippen molar-refractivity contribution in [3.8, 4) is 11.6 Å². The van der Waals surface area contributed by atoms with E-state index in [0.29, 0.717) is 31.6 Å². The minimum absolute atomic E-state index is 0.0745. The van der Waals surface area contributed by atoms with E-state index in [2.05, 4.69) is 24.1 Å². The molecule has 1 fully saturated rings. The largest absolute Gasteiger partial charge is 0.488 e. The van der Waals surface area contributed by atoms with E-state index < -0.39 is 17.4 Å². The quantitative estimate of drug-likeness (QED) is 0.665. The van der Waals surface area contributed by atoms with Gasteiger partial charge in [0.15, 0.2) is 5.75 Å². The summed E-state index contributed by atoms with van der Waals surface area (Å²) in [7, 11) is 1.48. The first-order chi connectivity index (χ1) is 14.7. The Bertz CT molecular complexity index is 917. The Balaban J connectivity index is 1.71. The van der Waals surface area contributed by atoms with Crippen molar-refractivity contribution in [1.29, 1.82) is 0 Å². The number of amides is 1. The summed E-state index contributed by atoms with van der Waals surface area (Å²) in [6.07, 6.45) is 4.32. The molecule has 2 aromatic rings. The summed E-state index contributed by atoms with van der Waals surface area (Å²) in [5, 5.41) is 12.6. The van der Waals surface area contributed by atoms with Crippen molar-refractivity contribution in [1.82, 2.24) is 10.3 Å². The predicted octanol–water partition coefficient (Wildman–Crippen LogP) is 3.87. The van der Waals surface area contributed by atoms with Crippen LogP contribution in [-0.4, -0.2) is 41.2 Å². The molecule has 7 heteroatoms. The molecule has 0 radical (unpaired) electrons. The monoisotopic (exact) mass is 426 g/mol. The Morgan fingerprint density at radius 1 is 1.13 bits per heavy atom. The number of nitrogens with zero attached hydrogens (tertiary/aromatic N) is 1. The highest BCUT2D eigenvalue weighted by Gasteiger charge is 2.45. The van der Waals surface area contributed by atoms with Gasteiger partial charge in [0.25, 0.3) is 11.8 Å². The molecule has 1 amide bonds. The number of methoxy groups -OCH3 is 1. The Kier molecular flexibility index (Phi) is 6.83. The average Bonchev–Trinajstić information content (AvgIpc) is 2.76. The third-order valence-corrected chi connectivity index (χ3v) is 5.98. The number of aromatic nitrogens is 1. The third kappa shape index (κ3) is 5.54. The van der Waals surface area contributed by atoms with Gasteiger partial charge in [-0.25, -0.2) is 9.78 Å². The van der Waals surface area contributed by atoms with Gasteiger partial charge in [0.1, 0.15) is 5.54 Å². The maximum Gasteiger partial charge on any atom is 0.329 e. The Morgan fingerprint density at radius 3 is 2.42 bits per heavy atom. The van der Waals surface area contributed by atoms with E-state index in [4.69, 9.17) is 9.47 Å². The first-order valence-electron chi connectivity index (χ1n) is 10.5. The van der Waals surface area contributed by atoms with Gasteiger partial charge in [-0.3, -0.25) is 4.79 Å².